The number of anilines is 1. The molecule has 0 saturated heterocycles. The van der Waals surface area contributed by atoms with Crippen LogP contribution in [0, 0.1) is 0 Å². The number of fused-ring (bicyclic) bond motifs is 1. The number of hydrogen-bond acceptors (Lipinski definition) is 2. The predicted octanol–water partition coefficient (Wildman–Crippen LogP) is 2.79. The van der Waals surface area contributed by atoms with Gasteiger partial charge in [-0.2, -0.15) is 0 Å². The number of carbonyl (C=O) groups is 1. The molecule has 3 rings (SSSR count). The number of amides is 1. The van der Waals surface area contributed by atoms with Gasteiger partial charge in [0.25, 0.3) is 0 Å². The Labute approximate surface area is 118 Å². The molecule has 0 saturated carbocycles. The third kappa shape index (κ3) is 2.21. The van der Waals surface area contributed by atoms with Crippen LogP contribution < -0.4 is 11.1 Å². The highest BCUT2D eigenvalue weighted by Gasteiger charge is 2.24. The SMILES string of the molecule is CCc1cc2c(c(C(N)c3ccccc3)c1)NC(=O)C2. The molecule has 1 amide bonds. The Bertz CT molecular complexity index is 650. The second-order valence-corrected chi connectivity index (χ2v) is 5.19. The van der Waals surface area contributed by atoms with E-state index in [9.17, 15) is 4.79 Å². The third-order valence-electron chi connectivity index (χ3n) is 3.83. The first-order chi connectivity index (χ1) is 9.69. The smallest absolute Gasteiger partial charge is 0.228 e. The summed E-state index contributed by atoms with van der Waals surface area (Å²) in [6.45, 7) is 2.11. The van der Waals surface area contributed by atoms with Crippen LogP contribution in [0.5, 0.6) is 0 Å². The molecule has 0 bridgehead atoms. The Hall–Kier alpha value is -2.13. The van der Waals surface area contributed by atoms with Crippen LogP contribution in [0.2, 0.25) is 0 Å². The fourth-order valence-electron chi connectivity index (χ4n) is 2.73. The van der Waals surface area contributed by atoms with Gasteiger partial charge in [-0.15, -0.1) is 0 Å². The van der Waals surface area contributed by atoms with Gasteiger partial charge in [0.15, 0.2) is 0 Å². The molecular formula is C17H18N2O. The van der Waals surface area contributed by atoms with Crippen molar-refractivity contribution in [2.75, 3.05) is 5.32 Å². The van der Waals surface area contributed by atoms with Gasteiger partial charge in [-0.05, 0) is 28.7 Å². The average molecular weight is 266 g/mol. The standard InChI is InChI=1S/C17H18N2O/c1-2-11-8-13-10-15(20)19-17(13)14(9-11)16(18)12-6-4-3-5-7-12/h3-9,16H,2,10,18H2,1H3,(H,19,20). The first-order valence-corrected chi connectivity index (χ1v) is 6.95. The molecule has 3 nitrogen and oxygen atoms in total. The summed E-state index contributed by atoms with van der Waals surface area (Å²) in [5.74, 6) is 0.0507. The van der Waals surface area contributed by atoms with E-state index in [1.807, 2.05) is 30.3 Å². The molecule has 1 heterocycles. The second-order valence-electron chi connectivity index (χ2n) is 5.19. The van der Waals surface area contributed by atoms with Gasteiger partial charge >= 0.3 is 0 Å². The Morgan fingerprint density at radius 2 is 2.00 bits per heavy atom. The van der Waals surface area contributed by atoms with E-state index in [1.165, 1.54) is 5.56 Å². The van der Waals surface area contributed by atoms with E-state index in [1.54, 1.807) is 0 Å². The summed E-state index contributed by atoms with van der Waals surface area (Å²) >= 11 is 0. The molecule has 0 radical (unpaired) electrons. The fraction of sp³-hybridized carbons (Fsp3) is 0.235. The number of nitrogens with one attached hydrogen (secondary N) is 1. The predicted molar refractivity (Wildman–Crippen MR) is 80.6 cm³/mol. The van der Waals surface area contributed by atoms with Gasteiger partial charge in [0.1, 0.15) is 0 Å². The van der Waals surface area contributed by atoms with Crippen LogP contribution >= 0.6 is 0 Å². The first-order valence-electron chi connectivity index (χ1n) is 6.95. The van der Waals surface area contributed by atoms with Crippen molar-refractivity contribution < 1.29 is 4.79 Å². The molecule has 2 aromatic rings. The first kappa shape index (κ1) is 12.9. The summed E-state index contributed by atoms with van der Waals surface area (Å²) < 4.78 is 0. The molecule has 1 aliphatic heterocycles. The Balaban J connectivity index is 2.09. The molecule has 0 aliphatic carbocycles. The summed E-state index contributed by atoms with van der Waals surface area (Å²) in [4.78, 5) is 11.7. The van der Waals surface area contributed by atoms with Crippen molar-refractivity contribution in [1.29, 1.82) is 0 Å². The van der Waals surface area contributed by atoms with Gasteiger partial charge in [0, 0.05) is 5.69 Å². The monoisotopic (exact) mass is 266 g/mol. The summed E-state index contributed by atoms with van der Waals surface area (Å²) in [5, 5.41) is 2.95. The van der Waals surface area contributed by atoms with Crippen molar-refractivity contribution in [2.24, 2.45) is 5.73 Å². The quantitative estimate of drug-likeness (QED) is 0.897. The summed E-state index contributed by atoms with van der Waals surface area (Å²) in [6.07, 6.45) is 1.40. The molecule has 0 aromatic heterocycles. The van der Waals surface area contributed by atoms with E-state index in [2.05, 4.69) is 24.4 Å². The molecular weight excluding hydrogens is 248 g/mol. The molecule has 2 aromatic carbocycles. The van der Waals surface area contributed by atoms with Gasteiger partial charge < -0.3 is 11.1 Å². The highest BCUT2D eigenvalue weighted by atomic mass is 16.1. The van der Waals surface area contributed by atoms with Crippen LogP contribution in [0.25, 0.3) is 0 Å². The summed E-state index contributed by atoms with van der Waals surface area (Å²) in [7, 11) is 0. The minimum Gasteiger partial charge on any atom is -0.325 e. The average Bonchev–Trinajstić information content (AvgIpc) is 2.86. The lowest BCUT2D eigenvalue weighted by atomic mass is 9.93. The highest BCUT2D eigenvalue weighted by Crippen LogP contribution is 2.34. The normalized spacial score (nSPS) is 14.8. The summed E-state index contributed by atoms with van der Waals surface area (Å²) in [5.41, 5.74) is 11.7. The minimum atomic E-state index is -0.213. The van der Waals surface area contributed by atoms with E-state index in [0.717, 1.165) is 28.8 Å². The van der Waals surface area contributed by atoms with Crippen LogP contribution in [-0.4, -0.2) is 5.91 Å². The lowest BCUT2D eigenvalue weighted by Crippen LogP contribution is -2.15. The van der Waals surface area contributed by atoms with Crippen LogP contribution in [-0.2, 0) is 17.6 Å². The number of hydrogen-bond donors (Lipinski definition) is 2. The fourth-order valence-corrected chi connectivity index (χ4v) is 2.73. The molecule has 1 atom stereocenters. The number of aryl methyl sites for hydroxylation is 1. The number of benzene rings is 2. The Kier molecular flexibility index (Phi) is 3.28. The van der Waals surface area contributed by atoms with Crippen molar-refractivity contribution in [3.63, 3.8) is 0 Å². The maximum Gasteiger partial charge on any atom is 0.228 e. The van der Waals surface area contributed by atoms with Gasteiger partial charge in [-0.25, -0.2) is 0 Å². The molecule has 102 valence electrons. The number of rotatable bonds is 3. The zero-order chi connectivity index (χ0) is 14.1. The van der Waals surface area contributed by atoms with Gasteiger partial charge in [0.2, 0.25) is 5.91 Å². The zero-order valence-corrected chi connectivity index (χ0v) is 11.5. The molecule has 0 fully saturated rings. The highest BCUT2D eigenvalue weighted by molar-refractivity contribution is 6.00. The maximum absolute atomic E-state index is 11.7. The molecule has 3 heteroatoms. The van der Waals surface area contributed by atoms with Crippen molar-refractivity contribution in [1.82, 2.24) is 0 Å². The Morgan fingerprint density at radius 1 is 1.25 bits per heavy atom. The molecule has 0 spiro atoms. The lowest BCUT2D eigenvalue weighted by molar-refractivity contribution is -0.115. The van der Waals surface area contributed by atoms with Crippen LogP contribution in [0.3, 0.4) is 0 Å². The molecule has 3 N–H and O–H groups in total. The third-order valence-corrected chi connectivity index (χ3v) is 3.83. The minimum absolute atomic E-state index is 0.0507. The lowest BCUT2D eigenvalue weighted by Gasteiger charge is -2.18. The van der Waals surface area contributed by atoms with Crippen molar-refractivity contribution >= 4 is 11.6 Å². The Morgan fingerprint density at radius 3 is 2.70 bits per heavy atom. The summed E-state index contributed by atoms with van der Waals surface area (Å²) in [6, 6.07) is 14.0. The van der Waals surface area contributed by atoms with Gasteiger partial charge in [0.05, 0.1) is 12.5 Å². The molecule has 1 aliphatic rings. The second kappa shape index (κ2) is 5.10. The van der Waals surface area contributed by atoms with Crippen LogP contribution in [0.1, 0.15) is 35.2 Å². The van der Waals surface area contributed by atoms with Crippen molar-refractivity contribution in [2.45, 2.75) is 25.8 Å². The van der Waals surface area contributed by atoms with E-state index >= 15 is 0 Å². The van der Waals surface area contributed by atoms with E-state index < -0.39 is 0 Å². The van der Waals surface area contributed by atoms with E-state index in [0.29, 0.717) is 6.42 Å². The molecule has 1 unspecified atom stereocenters. The molecule has 20 heavy (non-hydrogen) atoms. The maximum atomic E-state index is 11.7. The van der Waals surface area contributed by atoms with Gasteiger partial charge in [-0.3, -0.25) is 4.79 Å². The van der Waals surface area contributed by atoms with Gasteiger partial charge in [-0.1, -0.05) is 49.4 Å². The van der Waals surface area contributed by atoms with E-state index in [-0.39, 0.29) is 11.9 Å². The number of carbonyl (C=O) groups excluding carboxylic acids is 1. The largest absolute Gasteiger partial charge is 0.325 e. The van der Waals surface area contributed by atoms with Crippen molar-refractivity contribution in [3.05, 3.63) is 64.7 Å². The topological polar surface area (TPSA) is 55.1 Å². The van der Waals surface area contributed by atoms with E-state index in [4.69, 9.17) is 5.73 Å². The van der Waals surface area contributed by atoms with Crippen LogP contribution in [0.15, 0.2) is 42.5 Å². The zero-order valence-electron chi connectivity index (χ0n) is 11.5. The van der Waals surface area contributed by atoms with Crippen LogP contribution in [0.4, 0.5) is 5.69 Å². The van der Waals surface area contributed by atoms with Crippen molar-refractivity contribution in [3.8, 4) is 0 Å². The number of nitrogens with two attached hydrogens (primary N) is 1.